The first kappa shape index (κ1) is 18.7. The molecule has 3 rings (SSSR count). The summed E-state index contributed by atoms with van der Waals surface area (Å²) in [6.07, 6.45) is 0. The van der Waals surface area contributed by atoms with Crippen LogP contribution in [0.1, 0.15) is 0 Å². The van der Waals surface area contributed by atoms with E-state index in [1.807, 2.05) is 65.2 Å². The lowest BCUT2D eigenvalue weighted by molar-refractivity contribution is -0.140. The molecular formula is C19H18N4O3S. The first-order chi connectivity index (χ1) is 13.2. The fourth-order valence-corrected chi connectivity index (χ4v) is 3.15. The molecule has 0 aliphatic rings. The highest BCUT2D eigenvalue weighted by Gasteiger charge is 2.17. The van der Waals surface area contributed by atoms with Crippen molar-refractivity contribution in [1.82, 2.24) is 20.1 Å². The molecule has 0 radical (unpaired) electrons. The van der Waals surface area contributed by atoms with Crippen LogP contribution in [0.25, 0.3) is 17.1 Å². The molecular weight excluding hydrogens is 364 g/mol. The van der Waals surface area contributed by atoms with Crippen molar-refractivity contribution in [1.29, 1.82) is 0 Å². The van der Waals surface area contributed by atoms with Crippen molar-refractivity contribution in [2.75, 3.05) is 19.4 Å². The monoisotopic (exact) mass is 382 g/mol. The van der Waals surface area contributed by atoms with Crippen molar-refractivity contribution in [2.24, 2.45) is 0 Å². The molecule has 1 N–H and O–H groups in total. The molecule has 0 spiro atoms. The molecule has 138 valence electrons. The Balaban J connectivity index is 1.82. The number of hydrogen-bond donors (Lipinski definition) is 1. The van der Waals surface area contributed by atoms with Gasteiger partial charge in [0.15, 0.2) is 11.0 Å². The molecule has 0 fully saturated rings. The Hall–Kier alpha value is -3.13. The third-order valence-electron chi connectivity index (χ3n) is 3.67. The van der Waals surface area contributed by atoms with Gasteiger partial charge in [-0.05, 0) is 12.1 Å². The van der Waals surface area contributed by atoms with Crippen LogP contribution >= 0.6 is 11.8 Å². The van der Waals surface area contributed by atoms with E-state index >= 15 is 0 Å². The SMILES string of the molecule is COC(=O)CNC(=O)CSc1nnc(-c2ccccc2)n1-c1ccccc1. The van der Waals surface area contributed by atoms with Crippen molar-refractivity contribution >= 4 is 23.6 Å². The second kappa shape index (κ2) is 9.00. The van der Waals surface area contributed by atoms with Gasteiger partial charge in [-0.2, -0.15) is 0 Å². The van der Waals surface area contributed by atoms with Gasteiger partial charge in [0, 0.05) is 11.3 Å². The van der Waals surface area contributed by atoms with Crippen LogP contribution in [0.15, 0.2) is 65.8 Å². The molecule has 1 aromatic heterocycles. The van der Waals surface area contributed by atoms with Crippen LogP contribution in [-0.2, 0) is 14.3 Å². The zero-order valence-electron chi connectivity index (χ0n) is 14.7. The molecule has 0 aliphatic heterocycles. The molecule has 2 aromatic carbocycles. The third kappa shape index (κ3) is 4.73. The summed E-state index contributed by atoms with van der Waals surface area (Å²) < 4.78 is 6.42. The summed E-state index contributed by atoms with van der Waals surface area (Å²) in [4.78, 5) is 23.1. The van der Waals surface area contributed by atoms with Crippen LogP contribution in [0.5, 0.6) is 0 Å². The number of esters is 1. The molecule has 1 heterocycles. The molecule has 0 saturated heterocycles. The van der Waals surface area contributed by atoms with E-state index < -0.39 is 5.97 Å². The van der Waals surface area contributed by atoms with Crippen LogP contribution < -0.4 is 5.32 Å². The van der Waals surface area contributed by atoms with E-state index in [-0.39, 0.29) is 18.2 Å². The van der Waals surface area contributed by atoms with E-state index in [0.29, 0.717) is 11.0 Å². The Morgan fingerprint density at radius 1 is 1.04 bits per heavy atom. The second-order valence-electron chi connectivity index (χ2n) is 5.48. The van der Waals surface area contributed by atoms with Gasteiger partial charge in [0.2, 0.25) is 5.91 Å². The standard InChI is InChI=1S/C19H18N4O3S/c1-26-17(25)12-20-16(24)13-27-19-22-21-18(14-8-4-2-5-9-14)23(19)15-10-6-3-7-11-15/h2-11H,12-13H2,1H3,(H,20,24). The number of benzene rings is 2. The zero-order valence-corrected chi connectivity index (χ0v) is 15.5. The minimum atomic E-state index is -0.493. The number of aromatic nitrogens is 3. The molecule has 0 unspecified atom stereocenters. The first-order valence-electron chi connectivity index (χ1n) is 8.21. The number of amides is 1. The van der Waals surface area contributed by atoms with E-state index in [2.05, 4.69) is 20.3 Å². The molecule has 0 atom stereocenters. The lowest BCUT2D eigenvalue weighted by Crippen LogP contribution is -2.31. The number of thioether (sulfide) groups is 1. The summed E-state index contributed by atoms with van der Waals surface area (Å²) >= 11 is 1.25. The Morgan fingerprint density at radius 2 is 1.70 bits per heavy atom. The van der Waals surface area contributed by atoms with Gasteiger partial charge in [-0.25, -0.2) is 0 Å². The smallest absolute Gasteiger partial charge is 0.325 e. The maximum atomic E-state index is 12.0. The highest BCUT2D eigenvalue weighted by molar-refractivity contribution is 7.99. The molecule has 27 heavy (non-hydrogen) atoms. The van der Waals surface area contributed by atoms with Crippen LogP contribution in [0.2, 0.25) is 0 Å². The van der Waals surface area contributed by atoms with Crippen molar-refractivity contribution < 1.29 is 14.3 Å². The highest BCUT2D eigenvalue weighted by Crippen LogP contribution is 2.27. The molecule has 0 bridgehead atoms. The van der Waals surface area contributed by atoms with Gasteiger partial charge in [-0.15, -0.1) is 10.2 Å². The van der Waals surface area contributed by atoms with E-state index in [1.165, 1.54) is 18.9 Å². The molecule has 0 aliphatic carbocycles. The van der Waals surface area contributed by atoms with Crippen molar-refractivity contribution in [3.05, 3.63) is 60.7 Å². The molecule has 8 heteroatoms. The predicted molar refractivity (Wildman–Crippen MR) is 103 cm³/mol. The lowest BCUT2D eigenvalue weighted by Gasteiger charge is -2.10. The van der Waals surface area contributed by atoms with E-state index in [9.17, 15) is 9.59 Å². The fraction of sp³-hybridized carbons (Fsp3) is 0.158. The number of ether oxygens (including phenoxy) is 1. The molecule has 3 aromatic rings. The van der Waals surface area contributed by atoms with E-state index in [1.54, 1.807) is 0 Å². The van der Waals surface area contributed by atoms with Gasteiger partial charge < -0.3 is 10.1 Å². The van der Waals surface area contributed by atoms with Crippen LogP contribution in [0, 0.1) is 0 Å². The number of methoxy groups -OCH3 is 1. The number of rotatable bonds is 7. The summed E-state index contributed by atoms with van der Waals surface area (Å²) in [6.45, 7) is -0.156. The molecule has 7 nitrogen and oxygen atoms in total. The summed E-state index contributed by atoms with van der Waals surface area (Å²) in [5.41, 5.74) is 1.83. The average Bonchev–Trinajstić information content (AvgIpc) is 3.15. The van der Waals surface area contributed by atoms with Gasteiger partial charge in [0.25, 0.3) is 0 Å². The number of nitrogens with zero attached hydrogens (tertiary/aromatic N) is 3. The summed E-state index contributed by atoms with van der Waals surface area (Å²) in [5.74, 6) is 0.0252. The first-order valence-corrected chi connectivity index (χ1v) is 9.20. The number of carbonyl (C=O) groups is 2. The minimum Gasteiger partial charge on any atom is -0.468 e. The predicted octanol–water partition coefficient (Wildman–Crippen LogP) is 2.32. The fourth-order valence-electron chi connectivity index (χ4n) is 2.37. The topological polar surface area (TPSA) is 86.1 Å². The maximum Gasteiger partial charge on any atom is 0.325 e. The van der Waals surface area contributed by atoms with Gasteiger partial charge in [0.05, 0.1) is 12.9 Å². The molecule has 1 amide bonds. The van der Waals surface area contributed by atoms with Crippen molar-refractivity contribution in [2.45, 2.75) is 5.16 Å². The van der Waals surface area contributed by atoms with Crippen LogP contribution in [0.3, 0.4) is 0 Å². The zero-order chi connectivity index (χ0) is 19.1. The highest BCUT2D eigenvalue weighted by atomic mass is 32.2. The van der Waals surface area contributed by atoms with Gasteiger partial charge >= 0.3 is 5.97 Å². The number of carbonyl (C=O) groups excluding carboxylic acids is 2. The Labute approximate surface area is 160 Å². The third-order valence-corrected chi connectivity index (χ3v) is 4.60. The summed E-state index contributed by atoms with van der Waals surface area (Å²) in [7, 11) is 1.27. The Bertz CT molecular complexity index is 913. The maximum absolute atomic E-state index is 12.0. The number of para-hydroxylation sites is 1. The minimum absolute atomic E-state index is 0.108. The van der Waals surface area contributed by atoms with Crippen molar-refractivity contribution in [3.63, 3.8) is 0 Å². The Morgan fingerprint density at radius 3 is 2.37 bits per heavy atom. The second-order valence-corrected chi connectivity index (χ2v) is 6.43. The molecule has 0 saturated carbocycles. The summed E-state index contributed by atoms with van der Waals surface area (Å²) in [5, 5.41) is 11.7. The van der Waals surface area contributed by atoms with Gasteiger partial charge in [-0.3, -0.25) is 14.2 Å². The largest absolute Gasteiger partial charge is 0.468 e. The van der Waals surface area contributed by atoms with Gasteiger partial charge in [0.1, 0.15) is 6.54 Å². The van der Waals surface area contributed by atoms with E-state index in [4.69, 9.17) is 0 Å². The van der Waals surface area contributed by atoms with Crippen molar-refractivity contribution in [3.8, 4) is 17.1 Å². The van der Waals surface area contributed by atoms with Crippen LogP contribution in [-0.4, -0.2) is 46.0 Å². The Kier molecular flexibility index (Phi) is 6.22. The lowest BCUT2D eigenvalue weighted by atomic mass is 10.2. The van der Waals surface area contributed by atoms with E-state index in [0.717, 1.165) is 11.3 Å². The average molecular weight is 382 g/mol. The number of nitrogens with one attached hydrogen (secondary N) is 1. The van der Waals surface area contributed by atoms with Crippen LogP contribution in [0.4, 0.5) is 0 Å². The summed E-state index contributed by atoms with van der Waals surface area (Å²) in [6, 6.07) is 19.4. The number of hydrogen-bond acceptors (Lipinski definition) is 6. The van der Waals surface area contributed by atoms with Gasteiger partial charge in [-0.1, -0.05) is 60.3 Å². The normalized spacial score (nSPS) is 10.4. The quantitative estimate of drug-likeness (QED) is 0.499.